The number of carbonyl (C=O) groups is 1. The van der Waals surface area contributed by atoms with E-state index in [4.69, 9.17) is 4.74 Å². The van der Waals surface area contributed by atoms with Gasteiger partial charge in [-0.2, -0.15) is 0 Å². The van der Waals surface area contributed by atoms with Crippen LogP contribution in [0, 0.1) is 0 Å². The van der Waals surface area contributed by atoms with Crippen LogP contribution < -0.4 is 0 Å². The fourth-order valence-corrected chi connectivity index (χ4v) is 5.13. The van der Waals surface area contributed by atoms with E-state index in [2.05, 4.69) is 24.2 Å². The van der Waals surface area contributed by atoms with E-state index in [0.29, 0.717) is 0 Å². The number of hydrogen-bond acceptors (Lipinski definition) is 3. The summed E-state index contributed by atoms with van der Waals surface area (Å²) in [6.45, 7) is 9.41. The molecule has 1 fully saturated rings. The van der Waals surface area contributed by atoms with Gasteiger partial charge in [-0.1, -0.05) is 19.2 Å². The second kappa shape index (κ2) is 4.94. The maximum Gasteiger partial charge on any atom is 0.322 e. The van der Waals surface area contributed by atoms with Crippen LogP contribution in [-0.4, -0.2) is 38.5 Å². The standard InChI is InChI=1S/C11H21NO2Si/c1-5-9-15(3,4)12-8-6-7-10(12)11(13)14-2/h5,10H,1,6-9H2,2-4H3/t10-/m0/s1. The van der Waals surface area contributed by atoms with Gasteiger partial charge in [0, 0.05) is 0 Å². The van der Waals surface area contributed by atoms with E-state index >= 15 is 0 Å². The lowest BCUT2D eigenvalue weighted by atomic mass is 10.2. The average molecular weight is 227 g/mol. The van der Waals surface area contributed by atoms with E-state index in [1.54, 1.807) is 0 Å². The van der Waals surface area contributed by atoms with Crippen molar-refractivity contribution in [3.63, 3.8) is 0 Å². The van der Waals surface area contributed by atoms with Gasteiger partial charge in [0.1, 0.15) is 14.3 Å². The van der Waals surface area contributed by atoms with E-state index in [9.17, 15) is 4.79 Å². The molecule has 4 heteroatoms. The molecule has 1 saturated heterocycles. The maximum absolute atomic E-state index is 11.6. The summed E-state index contributed by atoms with van der Waals surface area (Å²) in [5.41, 5.74) is 0. The number of allylic oxidation sites excluding steroid dienone is 1. The molecule has 0 unspecified atom stereocenters. The Balaban J connectivity index is 2.75. The molecule has 3 nitrogen and oxygen atoms in total. The number of methoxy groups -OCH3 is 1. The first-order valence-corrected chi connectivity index (χ1v) is 8.64. The van der Waals surface area contributed by atoms with Crippen LogP contribution >= 0.6 is 0 Å². The highest BCUT2D eigenvalue weighted by molar-refractivity contribution is 6.75. The Kier molecular flexibility index (Phi) is 4.10. The zero-order chi connectivity index (χ0) is 11.5. The Hall–Kier alpha value is -0.613. The van der Waals surface area contributed by atoms with Crippen molar-refractivity contribution in [2.45, 2.75) is 38.0 Å². The van der Waals surface area contributed by atoms with Gasteiger partial charge in [-0.05, 0) is 25.4 Å². The first-order chi connectivity index (χ1) is 7.03. The summed E-state index contributed by atoms with van der Waals surface area (Å²) in [6.07, 6.45) is 4.02. The molecule has 1 aliphatic heterocycles. The fourth-order valence-electron chi connectivity index (χ4n) is 2.34. The molecule has 0 spiro atoms. The average Bonchev–Trinajstić information content (AvgIpc) is 2.65. The van der Waals surface area contributed by atoms with E-state index in [-0.39, 0.29) is 12.0 Å². The molecular weight excluding hydrogens is 206 g/mol. The van der Waals surface area contributed by atoms with E-state index in [0.717, 1.165) is 25.4 Å². The summed E-state index contributed by atoms with van der Waals surface area (Å²) < 4.78 is 7.23. The lowest BCUT2D eigenvalue weighted by Gasteiger charge is -2.36. The zero-order valence-corrected chi connectivity index (χ0v) is 11.0. The second-order valence-electron chi connectivity index (χ2n) is 4.68. The summed E-state index contributed by atoms with van der Waals surface area (Å²) in [5, 5.41) is 0. The van der Waals surface area contributed by atoms with Crippen molar-refractivity contribution in [3.05, 3.63) is 12.7 Å². The summed E-state index contributed by atoms with van der Waals surface area (Å²) in [4.78, 5) is 11.6. The Morgan fingerprint density at radius 1 is 1.67 bits per heavy atom. The molecule has 0 saturated carbocycles. The normalized spacial score (nSPS) is 22.7. The molecule has 0 aromatic carbocycles. The zero-order valence-electron chi connectivity index (χ0n) is 9.95. The molecule has 1 heterocycles. The van der Waals surface area contributed by atoms with Gasteiger partial charge in [0.2, 0.25) is 0 Å². The van der Waals surface area contributed by atoms with Crippen molar-refractivity contribution in [2.24, 2.45) is 0 Å². The summed E-state index contributed by atoms with van der Waals surface area (Å²) in [6, 6.07) is 1.03. The van der Waals surface area contributed by atoms with Gasteiger partial charge < -0.3 is 9.30 Å². The number of ether oxygens (including phenoxy) is 1. The highest BCUT2D eigenvalue weighted by atomic mass is 28.3. The molecule has 0 amide bonds. The van der Waals surface area contributed by atoms with Gasteiger partial charge >= 0.3 is 5.97 Å². The smallest absolute Gasteiger partial charge is 0.322 e. The molecule has 0 bridgehead atoms. The molecule has 0 aromatic heterocycles. The van der Waals surface area contributed by atoms with E-state index < -0.39 is 8.24 Å². The molecule has 86 valence electrons. The number of nitrogens with zero attached hydrogens (tertiary/aromatic N) is 1. The van der Waals surface area contributed by atoms with Gasteiger partial charge in [-0.15, -0.1) is 6.58 Å². The SMILES string of the molecule is C=CC[Si](C)(C)N1CCC[C@H]1C(=O)OC. The highest BCUT2D eigenvalue weighted by Gasteiger charge is 2.40. The molecule has 1 aliphatic rings. The van der Waals surface area contributed by atoms with Gasteiger partial charge in [-0.3, -0.25) is 4.79 Å². The van der Waals surface area contributed by atoms with Gasteiger partial charge in [0.15, 0.2) is 0 Å². The largest absolute Gasteiger partial charge is 0.468 e. The van der Waals surface area contributed by atoms with Crippen LogP contribution in [0.25, 0.3) is 0 Å². The third-order valence-electron chi connectivity index (χ3n) is 3.15. The minimum atomic E-state index is -1.50. The van der Waals surface area contributed by atoms with Crippen LogP contribution in [0.15, 0.2) is 12.7 Å². The van der Waals surface area contributed by atoms with Gasteiger partial charge in [0.25, 0.3) is 0 Å². The molecule has 0 radical (unpaired) electrons. The maximum atomic E-state index is 11.6. The summed E-state index contributed by atoms with van der Waals surface area (Å²) in [5.74, 6) is -0.0721. The van der Waals surface area contributed by atoms with Crippen molar-refractivity contribution in [1.82, 2.24) is 4.57 Å². The molecule has 15 heavy (non-hydrogen) atoms. The van der Waals surface area contributed by atoms with E-state index in [1.807, 2.05) is 6.08 Å². The molecule has 1 atom stereocenters. The second-order valence-corrected chi connectivity index (χ2v) is 9.29. The lowest BCUT2D eigenvalue weighted by Crippen LogP contribution is -2.53. The monoisotopic (exact) mass is 227 g/mol. The van der Waals surface area contributed by atoms with Crippen LogP contribution in [0.2, 0.25) is 19.1 Å². The first kappa shape index (κ1) is 12.5. The topological polar surface area (TPSA) is 29.5 Å². The summed E-state index contributed by atoms with van der Waals surface area (Å²) in [7, 11) is -0.0248. The van der Waals surface area contributed by atoms with E-state index in [1.165, 1.54) is 7.11 Å². The Bertz CT molecular complexity index is 253. The van der Waals surface area contributed by atoms with Crippen LogP contribution in [-0.2, 0) is 9.53 Å². The predicted molar refractivity (Wildman–Crippen MR) is 64.2 cm³/mol. The minimum Gasteiger partial charge on any atom is -0.468 e. The third-order valence-corrected chi connectivity index (χ3v) is 6.53. The van der Waals surface area contributed by atoms with Crippen molar-refractivity contribution >= 4 is 14.2 Å². The van der Waals surface area contributed by atoms with Crippen LogP contribution in [0.3, 0.4) is 0 Å². The quantitative estimate of drug-likeness (QED) is 0.418. The molecule has 0 aliphatic carbocycles. The summed E-state index contributed by atoms with van der Waals surface area (Å²) >= 11 is 0. The van der Waals surface area contributed by atoms with Crippen molar-refractivity contribution in [1.29, 1.82) is 0 Å². The first-order valence-electron chi connectivity index (χ1n) is 5.48. The minimum absolute atomic E-state index is 0.00313. The van der Waals surface area contributed by atoms with Crippen molar-refractivity contribution in [2.75, 3.05) is 13.7 Å². The van der Waals surface area contributed by atoms with Crippen LogP contribution in [0.4, 0.5) is 0 Å². The van der Waals surface area contributed by atoms with Crippen molar-refractivity contribution in [3.8, 4) is 0 Å². The van der Waals surface area contributed by atoms with Crippen LogP contribution in [0.5, 0.6) is 0 Å². The van der Waals surface area contributed by atoms with Crippen LogP contribution in [0.1, 0.15) is 12.8 Å². The number of carbonyl (C=O) groups excluding carboxylic acids is 1. The number of hydrogen-bond donors (Lipinski definition) is 0. The molecule has 0 aromatic rings. The number of esters is 1. The van der Waals surface area contributed by atoms with Gasteiger partial charge in [-0.25, -0.2) is 0 Å². The Labute approximate surface area is 93.2 Å². The predicted octanol–water partition coefficient (Wildman–Crippen LogP) is 2.01. The van der Waals surface area contributed by atoms with Crippen molar-refractivity contribution < 1.29 is 9.53 Å². The van der Waals surface area contributed by atoms with Gasteiger partial charge in [0.05, 0.1) is 7.11 Å². The fraction of sp³-hybridized carbons (Fsp3) is 0.727. The molecule has 1 rings (SSSR count). The Morgan fingerprint density at radius 3 is 2.87 bits per heavy atom. The lowest BCUT2D eigenvalue weighted by molar-refractivity contribution is -0.144. The Morgan fingerprint density at radius 2 is 2.33 bits per heavy atom. The number of rotatable bonds is 4. The highest BCUT2D eigenvalue weighted by Crippen LogP contribution is 2.27. The third kappa shape index (κ3) is 2.69. The molecule has 0 N–H and O–H groups in total. The molecular formula is C11H21NO2Si.